The van der Waals surface area contributed by atoms with Gasteiger partial charge in [-0.1, -0.05) is 67.6 Å². The highest BCUT2D eigenvalue weighted by molar-refractivity contribution is 6.70. The maximum atomic E-state index is 6.45. The van der Waals surface area contributed by atoms with Crippen LogP contribution < -0.4 is 0 Å². The first kappa shape index (κ1) is 15.6. The summed E-state index contributed by atoms with van der Waals surface area (Å²) >= 11 is 0. The molecule has 1 nitrogen and oxygen atoms in total. The highest BCUT2D eigenvalue weighted by atomic mass is 28.4. The molecule has 0 bridgehead atoms. The predicted octanol–water partition coefficient (Wildman–Crippen LogP) is 5.82. The normalized spacial score (nSPS) is 12.8. The number of hydrogen-bond acceptors (Lipinski definition) is 1. The van der Waals surface area contributed by atoms with Crippen LogP contribution in [-0.2, 0) is 4.43 Å². The molecule has 2 heteroatoms. The summed E-state index contributed by atoms with van der Waals surface area (Å²) in [4.78, 5) is 0. The van der Waals surface area contributed by atoms with Crippen LogP contribution in [0.2, 0.25) is 19.6 Å². The van der Waals surface area contributed by atoms with Crippen molar-refractivity contribution in [3.8, 4) is 0 Å². The Kier molecular flexibility index (Phi) is 5.02. The zero-order valence-corrected chi connectivity index (χ0v) is 14.4. The number of hydrogen-bond donors (Lipinski definition) is 0. The quantitative estimate of drug-likeness (QED) is 0.384. The zero-order valence-electron chi connectivity index (χ0n) is 13.4. The molecule has 0 spiro atoms. The molecule has 2 aromatic rings. The van der Waals surface area contributed by atoms with Crippen LogP contribution in [0.25, 0.3) is 11.3 Å². The molecule has 0 unspecified atom stereocenters. The van der Waals surface area contributed by atoms with Gasteiger partial charge in [-0.05, 0) is 31.6 Å². The summed E-state index contributed by atoms with van der Waals surface area (Å²) in [5.41, 5.74) is 3.70. The number of rotatable bonds is 5. The van der Waals surface area contributed by atoms with Gasteiger partial charge >= 0.3 is 0 Å². The minimum absolute atomic E-state index is 0.957. The van der Waals surface area contributed by atoms with Gasteiger partial charge in [0.15, 0.2) is 0 Å². The Morgan fingerprint density at radius 3 is 1.71 bits per heavy atom. The summed E-state index contributed by atoms with van der Waals surface area (Å²) in [6, 6.07) is 21.0. The molecule has 0 saturated heterocycles. The van der Waals surface area contributed by atoms with Gasteiger partial charge in [0.05, 0.1) is 0 Å². The molecular weight excluding hydrogens is 272 g/mol. The van der Waals surface area contributed by atoms with E-state index in [-0.39, 0.29) is 0 Å². The fraction of sp³-hybridized carbons (Fsp3) is 0.263. The number of benzene rings is 2. The van der Waals surface area contributed by atoms with Crippen molar-refractivity contribution in [1.82, 2.24) is 0 Å². The van der Waals surface area contributed by atoms with Crippen LogP contribution in [-0.4, -0.2) is 8.32 Å². The van der Waals surface area contributed by atoms with Gasteiger partial charge in [0.25, 0.3) is 0 Å². The van der Waals surface area contributed by atoms with Crippen LogP contribution in [0, 0.1) is 0 Å². The van der Waals surface area contributed by atoms with Gasteiger partial charge < -0.3 is 4.43 Å². The van der Waals surface area contributed by atoms with Crippen LogP contribution >= 0.6 is 0 Å². The lowest BCUT2D eigenvalue weighted by Crippen LogP contribution is -2.25. The smallest absolute Gasteiger partial charge is 0.242 e. The van der Waals surface area contributed by atoms with Crippen molar-refractivity contribution in [3.63, 3.8) is 0 Å². The van der Waals surface area contributed by atoms with Gasteiger partial charge in [0, 0.05) is 11.1 Å². The first-order chi connectivity index (χ1) is 10.0. The molecule has 0 fully saturated rings. The summed E-state index contributed by atoms with van der Waals surface area (Å²) in [6.45, 7) is 8.88. The summed E-state index contributed by atoms with van der Waals surface area (Å²) in [6.07, 6.45) is 0.957. The second-order valence-corrected chi connectivity index (χ2v) is 10.5. The van der Waals surface area contributed by atoms with Crippen LogP contribution in [0.4, 0.5) is 0 Å². The standard InChI is InChI=1S/C19H24OSi/c1-5-18(16-12-8-6-9-13-16)19(20-21(2,3)4)17-14-10-7-11-15-17/h6-15H,5H2,1-4H3/b19-18-. The third kappa shape index (κ3) is 4.33. The van der Waals surface area contributed by atoms with E-state index in [1.165, 1.54) is 16.7 Å². The van der Waals surface area contributed by atoms with E-state index >= 15 is 0 Å². The lowest BCUT2D eigenvalue weighted by atomic mass is 9.99. The van der Waals surface area contributed by atoms with Gasteiger partial charge in [-0.3, -0.25) is 0 Å². The van der Waals surface area contributed by atoms with E-state index in [1.54, 1.807) is 0 Å². The average molecular weight is 296 g/mol. The van der Waals surface area contributed by atoms with E-state index in [1.807, 2.05) is 6.07 Å². The molecule has 2 rings (SSSR count). The molecule has 0 amide bonds. The number of allylic oxidation sites excluding steroid dienone is 1. The minimum atomic E-state index is -1.67. The third-order valence-electron chi connectivity index (χ3n) is 3.19. The molecule has 0 saturated carbocycles. The van der Waals surface area contributed by atoms with Crippen molar-refractivity contribution in [2.45, 2.75) is 33.0 Å². The Morgan fingerprint density at radius 2 is 1.29 bits per heavy atom. The summed E-state index contributed by atoms with van der Waals surface area (Å²) in [5.74, 6) is 1.04. The van der Waals surface area contributed by atoms with E-state index in [4.69, 9.17) is 4.43 Å². The molecule has 0 atom stereocenters. The molecule has 2 aromatic carbocycles. The maximum absolute atomic E-state index is 6.45. The Labute approximate surface area is 129 Å². The van der Waals surface area contributed by atoms with Gasteiger partial charge in [0.1, 0.15) is 5.76 Å². The van der Waals surface area contributed by atoms with Crippen molar-refractivity contribution in [2.75, 3.05) is 0 Å². The van der Waals surface area contributed by atoms with Gasteiger partial charge in [-0.2, -0.15) is 0 Å². The second kappa shape index (κ2) is 6.77. The van der Waals surface area contributed by atoms with E-state index < -0.39 is 8.32 Å². The Morgan fingerprint density at radius 1 is 0.810 bits per heavy atom. The van der Waals surface area contributed by atoms with E-state index in [9.17, 15) is 0 Å². The highest BCUT2D eigenvalue weighted by Crippen LogP contribution is 2.32. The van der Waals surface area contributed by atoms with Crippen LogP contribution in [0.3, 0.4) is 0 Å². The second-order valence-electron chi connectivity index (χ2n) is 6.11. The summed E-state index contributed by atoms with van der Waals surface area (Å²) in [5, 5.41) is 0. The molecular formula is C19H24OSi. The van der Waals surface area contributed by atoms with Crippen molar-refractivity contribution < 1.29 is 4.43 Å². The molecule has 0 N–H and O–H groups in total. The molecule has 110 valence electrons. The Bertz CT molecular complexity index is 594. The maximum Gasteiger partial charge on any atom is 0.242 e. The third-order valence-corrected chi connectivity index (χ3v) is 4.01. The minimum Gasteiger partial charge on any atom is -0.544 e. The Hall–Kier alpha value is -1.80. The van der Waals surface area contributed by atoms with Crippen LogP contribution in [0.1, 0.15) is 24.5 Å². The lowest BCUT2D eigenvalue weighted by molar-refractivity contribution is 0.515. The molecule has 21 heavy (non-hydrogen) atoms. The molecule has 0 aliphatic carbocycles. The van der Waals surface area contributed by atoms with E-state index in [0.717, 1.165) is 12.2 Å². The topological polar surface area (TPSA) is 9.23 Å². The molecule has 0 radical (unpaired) electrons. The Balaban J connectivity index is 2.58. The lowest BCUT2D eigenvalue weighted by Gasteiger charge is -2.25. The van der Waals surface area contributed by atoms with E-state index in [0.29, 0.717) is 0 Å². The molecule has 0 heterocycles. The van der Waals surface area contributed by atoms with Crippen molar-refractivity contribution in [1.29, 1.82) is 0 Å². The van der Waals surface area contributed by atoms with Gasteiger partial charge in [0.2, 0.25) is 8.32 Å². The summed E-state index contributed by atoms with van der Waals surface area (Å²) < 4.78 is 6.45. The molecule has 0 aromatic heterocycles. The zero-order chi connectivity index (χ0) is 15.3. The van der Waals surface area contributed by atoms with Crippen molar-refractivity contribution in [2.24, 2.45) is 0 Å². The first-order valence-corrected chi connectivity index (χ1v) is 10.9. The van der Waals surface area contributed by atoms with Gasteiger partial charge in [-0.25, -0.2) is 0 Å². The highest BCUT2D eigenvalue weighted by Gasteiger charge is 2.21. The predicted molar refractivity (Wildman–Crippen MR) is 94.4 cm³/mol. The van der Waals surface area contributed by atoms with Crippen molar-refractivity contribution >= 4 is 19.6 Å². The SMILES string of the molecule is CC/C(=C(/O[Si](C)(C)C)c1ccccc1)c1ccccc1. The van der Waals surface area contributed by atoms with Crippen molar-refractivity contribution in [3.05, 3.63) is 71.8 Å². The average Bonchev–Trinajstić information content (AvgIpc) is 2.48. The first-order valence-electron chi connectivity index (χ1n) is 7.54. The molecule has 0 aliphatic heterocycles. The summed E-state index contributed by atoms with van der Waals surface area (Å²) in [7, 11) is -1.67. The van der Waals surface area contributed by atoms with Crippen LogP contribution in [0.15, 0.2) is 60.7 Å². The van der Waals surface area contributed by atoms with Crippen LogP contribution in [0.5, 0.6) is 0 Å². The van der Waals surface area contributed by atoms with Gasteiger partial charge in [-0.15, -0.1) is 0 Å². The monoisotopic (exact) mass is 296 g/mol. The fourth-order valence-corrected chi connectivity index (χ4v) is 3.18. The van der Waals surface area contributed by atoms with E-state index in [2.05, 4.69) is 81.2 Å². The largest absolute Gasteiger partial charge is 0.544 e. The molecule has 0 aliphatic rings. The fourth-order valence-electron chi connectivity index (χ4n) is 2.33.